The predicted molar refractivity (Wildman–Crippen MR) is 78.6 cm³/mol. The first kappa shape index (κ1) is 14.6. The van der Waals surface area contributed by atoms with Crippen molar-refractivity contribution in [2.45, 2.75) is 25.6 Å². The molecule has 3 nitrogen and oxygen atoms in total. The molecule has 0 aromatic heterocycles. The summed E-state index contributed by atoms with van der Waals surface area (Å²) in [6.07, 6.45) is -1.08. The van der Waals surface area contributed by atoms with Crippen LogP contribution in [0.3, 0.4) is 0 Å². The quantitative estimate of drug-likeness (QED) is 0.848. The van der Waals surface area contributed by atoms with Crippen LogP contribution in [0.5, 0.6) is 5.75 Å². The highest BCUT2D eigenvalue weighted by atomic mass is 16.5. The fraction of sp³-hybridized carbons (Fsp3) is 0.294. The Bertz CT molecular complexity index is 525. The van der Waals surface area contributed by atoms with E-state index in [0.717, 1.165) is 6.42 Å². The van der Waals surface area contributed by atoms with E-state index in [2.05, 4.69) is 0 Å². The predicted octanol–water partition coefficient (Wildman–Crippen LogP) is 3.24. The maximum Gasteiger partial charge on any atom is 0.125 e. The summed E-state index contributed by atoms with van der Waals surface area (Å²) in [6, 6.07) is 16.4. The topological polar surface area (TPSA) is 49.7 Å². The first-order valence-electron chi connectivity index (χ1n) is 6.87. The summed E-state index contributed by atoms with van der Waals surface area (Å²) in [7, 11) is 0. The van der Waals surface area contributed by atoms with Gasteiger partial charge in [0.1, 0.15) is 18.0 Å². The molecule has 0 aliphatic heterocycles. The summed E-state index contributed by atoms with van der Waals surface area (Å²) >= 11 is 0. The average Bonchev–Trinajstić information content (AvgIpc) is 2.52. The van der Waals surface area contributed by atoms with Crippen LogP contribution in [-0.2, 0) is 0 Å². The van der Waals surface area contributed by atoms with Gasteiger partial charge in [-0.15, -0.1) is 0 Å². The zero-order chi connectivity index (χ0) is 14.4. The van der Waals surface area contributed by atoms with Gasteiger partial charge < -0.3 is 14.9 Å². The van der Waals surface area contributed by atoms with Crippen molar-refractivity contribution in [3.05, 3.63) is 65.7 Å². The molecule has 0 fully saturated rings. The molecule has 106 valence electrons. The van der Waals surface area contributed by atoms with Crippen LogP contribution < -0.4 is 4.74 Å². The molecule has 0 aliphatic rings. The van der Waals surface area contributed by atoms with Crippen molar-refractivity contribution in [2.75, 3.05) is 6.61 Å². The summed E-state index contributed by atoms with van der Waals surface area (Å²) < 4.78 is 5.62. The number of aliphatic hydroxyl groups excluding tert-OH is 2. The van der Waals surface area contributed by atoms with Gasteiger partial charge in [0.05, 0.1) is 6.61 Å². The van der Waals surface area contributed by atoms with Crippen LogP contribution in [0.2, 0.25) is 0 Å². The highest BCUT2D eigenvalue weighted by molar-refractivity contribution is 5.37. The Labute approximate surface area is 119 Å². The van der Waals surface area contributed by atoms with Gasteiger partial charge in [-0.05, 0) is 18.1 Å². The van der Waals surface area contributed by atoms with E-state index in [-0.39, 0.29) is 0 Å². The lowest BCUT2D eigenvalue weighted by Gasteiger charge is -2.21. The molecule has 20 heavy (non-hydrogen) atoms. The van der Waals surface area contributed by atoms with Gasteiger partial charge in [-0.1, -0.05) is 55.5 Å². The Morgan fingerprint density at radius 1 is 0.900 bits per heavy atom. The van der Waals surface area contributed by atoms with E-state index in [1.807, 2.05) is 43.3 Å². The van der Waals surface area contributed by atoms with Crippen LogP contribution in [0.1, 0.15) is 36.7 Å². The highest BCUT2D eigenvalue weighted by Crippen LogP contribution is 2.33. The summed E-state index contributed by atoms with van der Waals surface area (Å²) in [5.41, 5.74) is 1.29. The van der Waals surface area contributed by atoms with E-state index in [1.165, 1.54) is 0 Å². The van der Waals surface area contributed by atoms with Crippen molar-refractivity contribution in [3.63, 3.8) is 0 Å². The monoisotopic (exact) mass is 272 g/mol. The number of rotatable bonds is 6. The zero-order valence-corrected chi connectivity index (χ0v) is 11.6. The molecular formula is C17H20O3. The Morgan fingerprint density at radius 3 is 2.25 bits per heavy atom. The molecular weight excluding hydrogens is 252 g/mol. The second-order valence-electron chi connectivity index (χ2n) is 4.69. The van der Waals surface area contributed by atoms with Gasteiger partial charge in [-0.2, -0.15) is 0 Å². The van der Waals surface area contributed by atoms with E-state index in [0.29, 0.717) is 23.5 Å². The first-order chi connectivity index (χ1) is 9.74. The number of para-hydroxylation sites is 1. The van der Waals surface area contributed by atoms with Crippen LogP contribution in [0, 0.1) is 0 Å². The van der Waals surface area contributed by atoms with E-state index >= 15 is 0 Å². The van der Waals surface area contributed by atoms with Crippen LogP contribution in [-0.4, -0.2) is 16.8 Å². The summed E-state index contributed by atoms with van der Waals surface area (Å²) in [5, 5.41) is 20.7. The lowest BCUT2D eigenvalue weighted by Crippen LogP contribution is -2.12. The largest absolute Gasteiger partial charge is 0.493 e. The van der Waals surface area contributed by atoms with Gasteiger partial charge in [0.25, 0.3) is 0 Å². The molecule has 2 aromatic rings. The Morgan fingerprint density at radius 2 is 1.55 bits per heavy atom. The molecule has 0 amide bonds. The minimum absolute atomic E-state index is 0.588. The lowest BCUT2D eigenvalue weighted by molar-refractivity contribution is 0.0155. The summed E-state index contributed by atoms with van der Waals surface area (Å²) in [4.78, 5) is 0. The Balaban J connectivity index is 2.22. The summed E-state index contributed by atoms with van der Waals surface area (Å²) in [6.45, 7) is 2.61. The lowest BCUT2D eigenvalue weighted by atomic mass is 9.98. The number of ether oxygens (including phenoxy) is 1. The van der Waals surface area contributed by atoms with E-state index < -0.39 is 12.2 Å². The maximum absolute atomic E-state index is 10.4. The fourth-order valence-electron chi connectivity index (χ4n) is 2.07. The number of hydrogen-bond donors (Lipinski definition) is 2. The van der Waals surface area contributed by atoms with E-state index in [1.54, 1.807) is 18.2 Å². The van der Waals surface area contributed by atoms with Gasteiger partial charge >= 0.3 is 0 Å². The SMILES string of the molecule is CCCOc1ccccc1C(O)C(O)c1ccccc1. The molecule has 0 radical (unpaired) electrons. The molecule has 0 heterocycles. The first-order valence-corrected chi connectivity index (χ1v) is 6.87. The van der Waals surface area contributed by atoms with Gasteiger partial charge in [0, 0.05) is 5.56 Å². The van der Waals surface area contributed by atoms with Crippen LogP contribution in [0.4, 0.5) is 0 Å². The second-order valence-corrected chi connectivity index (χ2v) is 4.69. The van der Waals surface area contributed by atoms with E-state index in [9.17, 15) is 10.2 Å². The molecule has 0 saturated carbocycles. The molecule has 3 heteroatoms. The molecule has 2 rings (SSSR count). The molecule has 2 N–H and O–H groups in total. The van der Waals surface area contributed by atoms with Crippen LogP contribution >= 0.6 is 0 Å². The number of aliphatic hydroxyl groups is 2. The number of hydrogen-bond acceptors (Lipinski definition) is 3. The molecule has 2 atom stereocenters. The van der Waals surface area contributed by atoms with Crippen LogP contribution in [0.25, 0.3) is 0 Å². The van der Waals surface area contributed by atoms with Gasteiger partial charge in [-0.25, -0.2) is 0 Å². The molecule has 0 bridgehead atoms. The van der Waals surface area contributed by atoms with Gasteiger partial charge in [0.2, 0.25) is 0 Å². The number of benzene rings is 2. The van der Waals surface area contributed by atoms with Crippen molar-refractivity contribution >= 4 is 0 Å². The Hall–Kier alpha value is -1.84. The standard InChI is InChI=1S/C17H20O3/c1-2-12-20-15-11-7-6-10-14(15)17(19)16(18)13-8-4-3-5-9-13/h3-11,16-19H,2,12H2,1H3. The minimum atomic E-state index is -1.01. The third kappa shape index (κ3) is 3.38. The van der Waals surface area contributed by atoms with Crippen molar-refractivity contribution in [1.29, 1.82) is 0 Å². The molecule has 0 aliphatic carbocycles. The van der Waals surface area contributed by atoms with Crippen molar-refractivity contribution < 1.29 is 14.9 Å². The third-order valence-electron chi connectivity index (χ3n) is 3.14. The third-order valence-corrected chi connectivity index (χ3v) is 3.14. The van der Waals surface area contributed by atoms with Crippen molar-refractivity contribution in [3.8, 4) is 5.75 Å². The zero-order valence-electron chi connectivity index (χ0n) is 11.6. The maximum atomic E-state index is 10.4. The molecule has 0 spiro atoms. The van der Waals surface area contributed by atoms with Crippen molar-refractivity contribution in [2.24, 2.45) is 0 Å². The highest BCUT2D eigenvalue weighted by Gasteiger charge is 2.22. The summed E-state index contributed by atoms with van der Waals surface area (Å²) in [5.74, 6) is 0.622. The smallest absolute Gasteiger partial charge is 0.125 e. The van der Waals surface area contributed by atoms with Gasteiger partial charge in [0.15, 0.2) is 0 Å². The Kier molecular flexibility index (Phi) is 5.16. The molecule has 0 saturated heterocycles. The average molecular weight is 272 g/mol. The van der Waals surface area contributed by atoms with Gasteiger partial charge in [-0.3, -0.25) is 0 Å². The second kappa shape index (κ2) is 7.08. The van der Waals surface area contributed by atoms with Crippen LogP contribution in [0.15, 0.2) is 54.6 Å². The normalized spacial score (nSPS) is 13.8. The van der Waals surface area contributed by atoms with E-state index in [4.69, 9.17) is 4.74 Å². The fourth-order valence-corrected chi connectivity index (χ4v) is 2.07. The minimum Gasteiger partial charge on any atom is -0.493 e. The molecule has 2 aromatic carbocycles. The van der Waals surface area contributed by atoms with Crippen molar-refractivity contribution in [1.82, 2.24) is 0 Å². The molecule has 2 unspecified atom stereocenters.